The van der Waals surface area contributed by atoms with Crippen LogP contribution in [0.4, 0.5) is 0 Å². The van der Waals surface area contributed by atoms with E-state index in [-0.39, 0.29) is 0 Å². The highest BCUT2D eigenvalue weighted by Gasteiger charge is 2.19. The fourth-order valence-electron chi connectivity index (χ4n) is 4.16. The number of nitrogens with one attached hydrogen (secondary N) is 1. The minimum atomic E-state index is 0.291. The van der Waals surface area contributed by atoms with Gasteiger partial charge in [0.1, 0.15) is 0 Å². The molecule has 1 atom stereocenters. The molecule has 0 spiro atoms. The molecule has 1 aliphatic carbocycles. The van der Waals surface area contributed by atoms with Gasteiger partial charge in [-0.2, -0.15) is 0 Å². The Morgan fingerprint density at radius 2 is 1.63 bits per heavy atom. The van der Waals surface area contributed by atoms with Gasteiger partial charge in [-0.1, -0.05) is 97.1 Å². The van der Waals surface area contributed by atoms with Gasteiger partial charge < -0.3 is 5.41 Å². The molecular weight excluding hydrogens is 326 g/mol. The zero-order chi connectivity index (χ0) is 18.2. The van der Waals surface area contributed by atoms with Gasteiger partial charge >= 0.3 is 0 Å². The third kappa shape index (κ3) is 2.60. The third-order valence-corrected chi connectivity index (χ3v) is 5.45. The van der Waals surface area contributed by atoms with E-state index in [2.05, 4.69) is 91.0 Å². The van der Waals surface area contributed by atoms with Crippen molar-refractivity contribution in [3.8, 4) is 11.1 Å². The van der Waals surface area contributed by atoms with Crippen LogP contribution in [0.15, 0.2) is 91.0 Å². The molecular formula is C26H19N. The summed E-state index contributed by atoms with van der Waals surface area (Å²) in [4.78, 5) is 0. The Morgan fingerprint density at radius 1 is 0.778 bits per heavy atom. The number of hydrogen-bond acceptors (Lipinski definition) is 1. The van der Waals surface area contributed by atoms with Crippen LogP contribution >= 0.6 is 0 Å². The van der Waals surface area contributed by atoms with E-state index < -0.39 is 0 Å². The van der Waals surface area contributed by atoms with Crippen LogP contribution in [0.3, 0.4) is 0 Å². The molecule has 0 saturated heterocycles. The van der Waals surface area contributed by atoms with E-state index in [0.717, 1.165) is 11.1 Å². The van der Waals surface area contributed by atoms with E-state index in [9.17, 15) is 0 Å². The molecule has 0 saturated carbocycles. The summed E-state index contributed by atoms with van der Waals surface area (Å²) in [5, 5.41) is 10.3. The summed E-state index contributed by atoms with van der Waals surface area (Å²) in [5.74, 6) is 0.291. The van der Waals surface area contributed by atoms with Crippen LogP contribution in [0, 0.1) is 5.41 Å². The molecule has 0 aromatic heterocycles. The van der Waals surface area contributed by atoms with Crippen LogP contribution in [0.5, 0.6) is 0 Å². The number of rotatable bonds is 3. The Labute approximate surface area is 159 Å². The van der Waals surface area contributed by atoms with Crippen LogP contribution in [0.1, 0.15) is 28.2 Å². The zero-order valence-corrected chi connectivity index (χ0v) is 14.9. The number of benzene rings is 4. The van der Waals surface area contributed by atoms with Gasteiger partial charge in [-0.25, -0.2) is 0 Å². The fourth-order valence-corrected chi connectivity index (χ4v) is 4.16. The Bertz CT molecular complexity index is 1200. The van der Waals surface area contributed by atoms with Crippen LogP contribution in [-0.4, -0.2) is 6.21 Å². The maximum Gasteiger partial charge on any atom is 0.0278 e. The Hall–Kier alpha value is -3.45. The van der Waals surface area contributed by atoms with Gasteiger partial charge in [-0.05, 0) is 38.6 Å². The van der Waals surface area contributed by atoms with Crippen molar-refractivity contribution in [2.24, 2.45) is 0 Å². The lowest BCUT2D eigenvalue weighted by atomic mass is 9.88. The average molecular weight is 345 g/mol. The smallest absolute Gasteiger partial charge is 0.0278 e. The number of hydrogen-bond donors (Lipinski definition) is 1. The van der Waals surface area contributed by atoms with Crippen molar-refractivity contribution in [2.45, 2.75) is 5.92 Å². The van der Waals surface area contributed by atoms with Gasteiger partial charge in [-0.15, -0.1) is 0 Å². The van der Waals surface area contributed by atoms with E-state index in [1.165, 1.54) is 39.2 Å². The SMILES string of the molecule is N=Cc1ccc2ccccc2c1-c1cccc(C2C=Cc3ccccc32)c1. The fraction of sp³-hybridized carbons (Fsp3) is 0.0385. The van der Waals surface area contributed by atoms with Crippen LogP contribution < -0.4 is 0 Å². The molecule has 0 bridgehead atoms. The number of allylic oxidation sites excluding steroid dienone is 1. The monoisotopic (exact) mass is 345 g/mol. The Balaban J connectivity index is 1.69. The molecule has 4 aromatic rings. The molecule has 0 radical (unpaired) electrons. The minimum Gasteiger partial charge on any atom is -0.308 e. The van der Waals surface area contributed by atoms with Gasteiger partial charge in [0.25, 0.3) is 0 Å². The lowest BCUT2D eigenvalue weighted by molar-refractivity contribution is 1.05. The van der Waals surface area contributed by atoms with Crippen LogP contribution in [0.25, 0.3) is 28.0 Å². The highest BCUT2D eigenvalue weighted by molar-refractivity contribution is 6.04. The number of fused-ring (bicyclic) bond motifs is 2. The summed E-state index contributed by atoms with van der Waals surface area (Å²) in [6.45, 7) is 0. The maximum atomic E-state index is 7.89. The first-order valence-electron chi connectivity index (χ1n) is 9.25. The van der Waals surface area contributed by atoms with Gasteiger partial charge in [0.05, 0.1) is 0 Å². The van der Waals surface area contributed by atoms with Crippen molar-refractivity contribution in [3.05, 3.63) is 113 Å². The zero-order valence-electron chi connectivity index (χ0n) is 14.9. The highest BCUT2D eigenvalue weighted by Crippen LogP contribution is 2.38. The minimum absolute atomic E-state index is 0.291. The lowest BCUT2D eigenvalue weighted by Crippen LogP contribution is -1.97. The molecule has 0 heterocycles. The van der Waals surface area contributed by atoms with E-state index >= 15 is 0 Å². The predicted octanol–water partition coefficient (Wildman–Crippen LogP) is 6.66. The van der Waals surface area contributed by atoms with Crippen molar-refractivity contribution < 1.29 is 0 Å². The predicted molar refractivity (Wildman–Crippen MR) is 115 cm³/mol. The summed E-state index contributed by atoms with van der Waals surface area (Å²) in [5.41, 5.74) is 7.21. The molecule has 0 aliphatic heterocycles. The second kappa shape index (κ2) is 6.37. The van der Waals surface area contributed by atoms with Crippen LogP contribution in [0.2, 0.25) is 0 Å². The van der Waals surface area contributed by atoms with Gasteiger partial charge in [0.15, 0.2) is 0 Å². The van der Waals surface area contributed by atoms with Crippen molar-refractivity contribution >= 4 is 23.1 Å². The summed E-state index contributed by atoms with van der Waals surface area (Å²) < 4.78 is 0. The average Bonchev–Trinajstić information content (AvgIpc) is 3.17. The topological polar surface area (TPSA) is 23.9 Å². The molecule has 1 N–H and O–H groups in total. The largest absolute Gasteiger partial charge is 0.308 e. The first kappa shape index (κ1) is 15.8. The third-order valence-electron chi connectivity index (χ3n) is 5.45. The van der Waals surface area contributed by atoms with E-state index in [1.807, 2.05) is 6.07 Å². The molecule has 1 unspecified atom stereocenters. The quantitative estimate of drug-likeness (QED) is 0.401. The van der Waals surface area contributed by atoms with Crippen molar-refractivity contribution in [1.29, 1.82) is 5.41 Å². The molecule has 1 aliphatic rings. The molecule has 1 nitrogen and oxygen atoms in total. The second-order valence-corrected chi connectivity index (χ2v) is 6.99. The second-order valence-electron chi connectivity index (χ2n) is 6.99. The van der Waals surface area contributed by atoms with E-state index in [0.29, 0.717) is 5.92 Å². The summed E-state index contributed by atoms with van der Waals surface area (Å²) in [6.07, 6.45) is 5.96. The van der Waals surface area contributed by atoms with Crippen molar-refractivity contribution in [3.63, 3.8) is 0 Å². The molecule has 0 amide bonds. The van der Waals surface area contributed by atoms with Crippen LogP contribution in [-0.2, 0) is 0 Å². The van der Waals surface area contributed by atoms with E-state index in [4.69, 9.17) is 5.41 Å². The lowest BCUT2D eigenvalue weighted by Gasteiger charge is -2.15. The molecule has 0 fully saturated rings. The standard InChI is InChI=1S/C26H19N/c27-17-22-13-12-19-7-2-4-11-25(19)26(22)21-9-5-8-20(16-21)24-15-14-18-6-1-3-10-23(18)24/h1-17,24,27H. The van der Waals surface area contributed by atoms with Gasteiger partial charge in [0.2, 0.25) is 0 Å². The molecule has 1 heteroatoms. The normalized spacial score (nSPS) is 15.0. The molecule has 5 rings (SSSR count). The Kier molecular flexibility index (Phi) is 3.72. The van der Waals surface area contributed by atoms with Crippen molar-refractivity contribution in [2.75, 3.05) is 0 Å². The summed E-state index contributed by atoms with van der Waals surface area (Å²) >= 11 is 0. The van der Waals surface area contributed by atoms with E-state index in [1.54, 1.807) is 0 Å². The van der Waals surface area contributed by atoms with Crippen molar-refractivity contribution in [1.82, 2.24) is 0 Å². The molecule has 128 valence electrons. The first-order valence-corrected chi connectivity index (χ1v) is 9.25. The summed E-state index contributed by atoms with van der Waals surface area (Å²) in [6, 6.07) is 29.9. The first-order chi connectivity index (χ1) is 13.3. The van der Waals surface area contributed by atoms with Gasteiger partial charge in [-0.3, -0.25) is 0 Å². The van der Waals surface area contributed by atoms with Gasteiger partial charge in [0, 0.05) is 17.7 Å². The molecule has 4 aromatic carbocycles. The Morgan fingerprint density at radius 3 is 2.56 bits per heavy atom. The molecule has 27 heavy (non-hydrogen) atoms. The highest BCUT2D eigenvalue weighted by atomic mass is 14.3. The maximum absolute atomic E-state index is 7.89. The summed E-state index contributed by atoms with van der Waals surface area (Å²) in [7, 11) is 0.